The quantitative estimate of drug-likeness (QED) is 0.135. The van der Waals surface area contributed by atoms with E-state index in [2.05, 4.69) is 69.5 Å². The largest absolute Gasteiger partial charge is 0.391 e. The van der Waals surface area contributed by atoms with Crippen molar-refractivity contribution in [1.82, 2.24) is 29.9 Å². The second-order valence-corrected chi connectivity index (χ2v) is 12.7. The summed E-state index contributed by atoms with van der Waals surface area (Å²) in [5, 5.41) is 27.2. The molecular weight excluding hydrogens is 632 g/mol. The van der Waals surface area contributed by atoms with Gasteiger partial charge in [0.2, 0.25) is 11.9 Å². The van der Waals surface area contributed by atoms with Crippen LogP contribution in [0.25, 0.3) is 27.7 Å². The van der Waals surface area contributed by atoms with E-state index in [0.29, 0.717) is 36.0 Å². The molecule has 0 amide bonds. The smallest absolute Gasteiger partial charge is 0.229 e. The highest BCUT2D eigenvalue weighted by molar-refractivity contribution is 9.12. The van der Waals surface area contributed by atoms with Gasteiger partial charge in [0.15, 0.2) is 11.4 Å². The minimum Gasteiger partial charge on any atom is -0.391 e. The number of pyridine rings is 1. The summed E-state index contributed by atoms with van der Waals surface area (Å²) < 4.78 is 2.13. The van der Waals surface area contributed by atoms with E-state index in [4.69, 9.17) is 15.0 Å². The number of hydrogen-bond donors (Lipinski definition) is 4. The molecule has 6 rings (SSSR count). The number of allylic oxidation sites excluding steroid dienone is 1. The Bertz CT molecular complexity index is 1870. The van der Waals surface area contributed by atoms with Gasteiger partial charge in [-0.05, 0) is 57.4 Å². The third-order valence-electron chi connectivity index (χ3n) is 8.33. The Morgan fingerprint density at radius 2 is 2.02 bits per heavy atom. The van der Waals surface area contributed by atoms with Gasteiger partial charge in [0.05, 0.1) is 22.5 Å². The van der Waals surface area contributed by atoms with E-state index in [9.17, 15) is 9.90 Å². The van der Waals surface area contributed by atoms with Crippen LogP contribution in [0.4, 0.5) is 11.9 Å². The van der Waals surface area contributed by atoms with Gasteiger partial charge in [-0.25, -0.2) is 0 Å². The van der Waals surface area contributed by atoms with Crippen LogP contribution in [0.5, 0.6) is 0 Å². The van der Waals surface area contributed by atoms with Crippen molar-refractivity contribution in [2.45, 2.75) is 45.3 Å². The van der Waals surface area contributed by atoms with E-state index in [1.54, 1.807) is 10.7 Å². The number of benzene rings is 2. The molecule has 0 spiro atoms. The number of hydrogen-bond acceptors (Lipinski definition) is 9. The van der Waals surface area contributed by atoms with Crippen molar-refractivity contribution in [2.75, 3.05) is 30.3 Å². The number of Topliss-reactive ketones (excluding diaryl/α,β-unsaturated/α-hetero) is 1. The molecule has 0 aliphatic carbocycles. The summed E-state index contributed by atoms with van der Waals surface area (Å²) >= 11 is 3.19. The van der Waals surface area contributed by atoms with Gasteiger partial charge < -0.3 is 21.1 Å². The summed E-state index contributed by atoms with van der Waals surface area (Å²) in [7, 11) is 0. The first-order chi connectivity index (χ1) is 21.8. The zero-order valence-electron chi connectivity index (χ0n) is 25.4. The molecule has 4 N–H and O–H groups in total. The van der Waals surface area contributed by atoms with Crippen molar-refractivity contribution in [3.63, 3.8) is 0 Å². The second kappa shape index (κ2) is 13.4. The topological polar surface area (TPSA) is 129 Å². The molecule has 0 unspecified atom stereocenters. The molecule has 5 aromatic rings. The number of nitrogens with one attached hydrogen (secondary N) is 3. The van der Waals surface area contributed by atoms with Crippen LogP contribution in [0.2, 0.25) is 0 Å². The molecule has 3 aromatic heterocycles. The number of piperidine rings is 1. The average molecular weight is 670 g/mol. The molecule has 1 aliphatic heterocycles. The molecule has 0 bridgehead atoms. The highest BCUT2D eigenvalue weighted by Crippen LogP contribution is 2.31. The van der Waals surface area contributed by atoms with Gasteiger partial charge in [-0.3, -0.25) is 9.78 Å². The number of ketones is 1. The number of carbonyl (C=O) groups is 1. The fourth-order valence-electron chi connectivity index (χ4n) is 5.77. The Morgan fingerprint density at radius 3 is 2.82 bits per heavy atom. The maximum absolute atomic E-state index is 12.2. The van der Waals surface area contributed by atoms with Crippen LogP contribution in [-0.4, -0.2) is 61.2 Å². The summed E-state index contributed by atoms with van der Waals surface area (Å²) in [4.78, 5) is 26.6. The minimum absolute atomic E-state index is 0.0428. The van der Waals surface area contributed by atoms with E-state index in [0.717, 1.165) is 57.3 Å². The summed E-state index contributed by atoms with van der Waals surface area (Å²) in [5.74, 6) is 1.39. The maximum atomic E-state index is 12.2. The first kappa shape index (κ1) is 30.8. The Balaban J connectivity index is 1.29. The fraction of sp³-hybridized carbons (Fsp3) is 0.324. The van der Waals surface area contributed by atoms with Crippen molar-refractivity contribution in [3.8, 4) is 11.3 Å². The van der Waals surface area contributed by atoms with Crippen LogP contribution in [0.15, 0.2) is 72.0 Å². The lowest BCUT2D eigenvalue weighted by atomic mass is 9.95. The summed E-state index contributed by atoms with van der Waals surface area (Å²) in [6.07, 6.45) is 4.42. The van der Waals surface area contributed by atoms with E-state index in [1.165, 1.54) is 0 Å². The van der Waals surface area contributed by atoms with Gasteiger partial charge in [0, 0.05) is 54.7 Å². The molecule has 11 heteroatoms. The van der Waals surface area contributed by atoms with Crippen LogP contribution in [-0.2, 0) is 17.8 Å². The Kier molecular flexibility index (Phi) is 9.20. The van der Waals surface area contributed by atoms with Crippen molar-refractivity contribution in [2.24, 2.45) is 5.92 Å². The molecule has 1 saturated heterocycles. The van der Waals surface area contributed by atoms with Gasteiger partial charge in [0.25, 0.3) is 0 Å². The Hall–Kier alpha value is -4.19. The molecule has 0 saturated carbocycles. The molecule has 2 aromatic carbocycles. The molecule has 10 nitrogen and oxygen atoms in total. The van der Waals surface area contributed by atoms with Crippen LogP contribution in [0, 0.1) is 5.92 Å². The molecule has 4 heterocycles. The number of β-amino-alcohol motifs (C(OH)–C–C–N with tert-alkyl or cyclic N) is 1. The van der Waals surface area contributed by atoms with E-state index >= 15 is 0 Å². The SMILES string of the molecule is C=C(Br)C(=O)Cc1ccc2c(-c3ccccc3CNc3nc(NC[C@H]4CCNC[C@@H]4O)nc4c(C(C)C)cnn34)nccc2c1. The molecule has 1 aliphatic rings. The normalized spacial score (nSPS) is 16.7. The standard InChI is InChI=1S/C34H37BrN8O2/c1-20(2)28-18-40-43-32(28)41-33(38-17-25-10-12-36-19-30(25)45)42-34(43)39-16-24-6-4-5-7-26(24)31-27-9-8-22(15-29(44)21(3)35)14-23(27)11-13-37-31/h4-9,11,13-14,18,20,25,30,36,45H,3,10,12,15-17,19H2,1-2H3,(H2,38,39,41,42)/t25-,30+/m1/s1. The molecule has 0 radical (unpaired) electrons. The number of halogens is 1. The number of fused-ring (bicyclic) bond motifs is 2. The highest BCUT2D eigenvalue weighted by atomic mass is 79.9. The second-order valence-electron chi connectivity index (χ2n) is 11.8. The highest BCUT2D eigenvalue weighted by Gasteiger charge is 2.23. The van der Waals surface area contributed by atoms with Gasteiger partial charge in [-0.15, -0.1) is 0 Å². The lowest BCUT2D eigenvalue weighted by molar-refractivity contribution is -0.114. The molecule has 45 heavy (non-hydrogen) atoms. The maximum Gasteiger partial charge on any atom is 0.229 e. The fourth-order valence-corrected chi connectivity index (χ4v) is 5.91. The molecule has 1 fully saturated rings. The van der Waals surface area contributed by atoms with Crippen molar-refractivity contribution >= 4 is 50.0 Å². The molecule has 2 atom stereocenters. The van der Waals surface area contributed by atoms with Crippen molar-refractivity contribution in [3.05, 3.63) is 88.7 Å². The first-order valence-electron chi connectivity index (χ1n) is 15.2. The van der Waals surface area contributed by atoms with Gasteiger partial charge in [-0.2, -0.15) is 19.6 Å². The van der Waals surface area contributed by atoms with Crippen LogP contribution >= 0.6 is 15.9 Å². The van der Waals surface area contributed by atoms with Gasteiger partial charge >= 0.3 is 0 Å². The number of aliphatic hydroxyl groups excluding tert-OH is 1. The number of anilines is 2. The van der Waals surface area contributed by atoms with E-state index in [1.807, 2.05) is 42.6 Å². The van der Waals surface area contributed by atoms with Gasteiger partial charge in [-0.1, -0.05) is 62.9 Å². The first-order valence-corrected chi connectivity index (χ1v) is 16.0. The predicted molar refractivity (Wildman–Crippen MR) is 182 cm³/mol. The van der Waals surface area contributed by atoms with E-state index in [-0.39, 0.29) is 24.0 Å². The third-order valence-corrected chi connectivity index (χ3v) is 8.78. The molecule has 232 valence electrons. The lowest BCUT2D eigenvalue weighted by Crippen LogP contribution is -2.43. The molecular formula is C34H37BrN8O2. The van der Waals surface area contributed by atoms with Crippen molar-refractivity contribution < 1.29 is 9.90 Å². The number of carbonyl (C=O) groups excluding carboxylic acids is 1. The Morgan fingerprint density at radius 1 is 1.18 bits per heavy atom. The third kappa shape index (κ3) is 6.75. The van der Waals surface area contributed by atoms with Gasteiger partial charge in [0.1, 0.15) is 0 Å². The van der Waals surface area contributed by atoms with Crippen LogP contribution in [0.1, 0.15) is 42.9 Å². The van der Waals surface area contributed by atoms with E-state index < -0.39 is 6.10 Å². The number of aliphatic hydroxyl groups is 1. The monoisotopic (exact) mass is 668 g/mol. The van der Waals surface area contributed by atoms with Crippen LogP contribution in [0.3, 0.4) is 0 Å². The summed E-state index contributed by atoms with van der Waals surface area (Å²) in [6, 6.07) is 16.2. The number of nitrogens with zero attached hydrogens (tertiary/aromatic N) is 5. The predicted octanol–water partition coefficient (Wildman–Crippen LogP) is 5.48. The van der Waals surface area contributed by atoms with Crippen molar-refractivity contribution in [1.29, 1.82) is 0 Å². The number of aromatic nitrogens is 5. The summed E-state index contributed by atoms with van der Waals surface area (Å²) in [5.41, 5.74) is 5.62. The number of rotatable bonds is 11. The lowest BCUT2D eigenvalue weighted by Gasteiger charge is -2.28. The zero-order chi connectivity index (χ0) is 31.5. The Labute approximate surface area is 270 Å². The summed E-state index contributed by atoms with van der Waals surface area (Å²) in [6.45, 7) is 10.5. The van der Waals surface area contributed by atoms with Crippen LogP contribution < -0.4 is 16.0 Å². The average Bonchev–Trinajstić information content (AvgIpc) is 3.48. The zero-order valence-corrected chi connectivity index (χ0v) is 27.0. The minimum atomic E-state index is -0.406.